The zero-order valence-electron chi connectivity index (χ0n) is 14.7. The Labute approximate surface area is 155 Å². The van der Waals surface area contributed by atoms with Crippen molar-refractivity contribution in [1.29, 1.82) is 0 Å². The summed E-state index contributed by atoms with van der Waals surface area (Å²) in [4.78, 5) is 13.6. The zero-order valence-corrected chi connectivity index (χ0v) is 14.7. The van der Waals surface area contributed by atoms with E-state index >= 15 is 0 Å². The van der Waals surface area contributed by atoms with Crippen LogP contribution < -0.4 is 15.4 Å². The van der Waals surface area contributed by atoms with Crippen LogP contribution >= 0.6 is 0 Å². The number of rotatable bonds is 3. The number of aromatic nitrogens is 5. The van der Waals surface area contributed by atoms with Gasteiger partial charge in [0.15, 0.2) is 17.2 Å². The maximum atomic E-state index is 5.89. The summed E-state index contributed by atoms with van der Waals surface area (Å²) in [5.41, 5.74) is 4.97. The standard InChI is InChI=1S/C19H17N7O/c1-11-3-2-4-14(23-11)15-9-16(17-19(25-15)21-7-8-27-17)24-13-5-6-20-18-12(13)10-22-26-18/h2-6,9-10H,7-8H2,1H3,(H3,20,21,22,24,25,26). The van der Waals surface area contributed by atoms with Gasteiger partial charge in [-0.25, -0.2) is 9.97 Å². The molecular weight excluding hydrogens is 342 g/mol. The molecular formula is C19H17N7O. The molecule has 134 valence electrons. The lowest BCUT2D eigenvalue weighted by Crippen LogP contribution is -2.20. The maximum absolute atomic E-state index is 5.89. The molecule has 0 saturated heterocycles. The summed E-state index contributed by atoms with van der Waals surface area (Å²) in [7, 11) is 0. The molecule has 5 rings (SSSR count). The van der Waals surface area contributed by atoms with Gasteiger partial charge in [-0.1, -0.05) is 6.07 Å². The first-order chi connectivity index (χ1) is 13.3. The van der Waals surface area contributed by atoms with Crippen LogP contribution in [-0.4, -0.2) is 38.3 Å². The van der Waals surface area contributed by atoms with Gasteiger partial charge in [0.25, 0.3) is 0 Å². The number of anilines is 3. The Morgan fingerprint density at radius 2 is 2.07 bits per heavy atom. The van der Waals surface area contributed by atoms with Crippen LogP contribution in [0.15, 0.2) is 42.7 Å². The number of aromatic amines is 1. The lowest BCUT2D eigenvalue weighted by Gasteiger charge is -2.22. The van der Waals surface area contributed by atoms with Gasteiger partial charge >= 0.3 is 0 Å². The van der Waals surface area contributed by atoms with E-state index in [4.69, 9.17) is 9.72 Å². The Hall–Kier alpha value is -3.68. The van der Waals surface area contributed by atoms with Crippen molar-refractivity contribution in [1.82, 2.24) is 25.1 Å². The second-order valence-corrected chi connectivity index (χ2v) is 6.29. The fourth-order valence-corrected chi connectivity index (χ4v) is 3.14. The first-order valence-corrected chi connectivity index (χ1v) is 8.69. The summed E-state index contributed by atoms with van der Waals surface area (Å²) in [5.74, 6) is 1.41. The third-order valence-corrected chi connectivity index (χ3v) is 4.39. The molecule has 1 aliphatic heterocycles. The van der Waals surface area contributed by atoms with Gasteiger partial charge < -0.3 is 15.4 Å². The van der Waals surface area contributed by atoms with Crippen molar-refractivity contribution in [2.45, 2.75) is 6.92 Å². The average molecular weight is 359 g/mol. The Kier molecular flexibility index (Phi) is 3.60. The molecule has 1 aliphatic rings. The largest absolute Gasteiger partial charge is 0.486 e. The summed E-state index contributed by atoms with van der Waals surface area (Å²) in [6.07, 6.45) is 3.49. The molecule has 8 heteroatoms. The van der Waals surface area contributed by atoms with E-state index in [2.05, 4.69) is 30.8 Å². The lowest BCUT2D eigenvalue weighted by atomic mass is 10.2. The maximum Gasteiger partial charge on any atom is 0.185 e. The number of fused-ring (bicyclic) bond motifs is 2. The van der Waals surface area contributed by atoms with Crippen molar-refractivity contribution < 1.29 is 4.74 Å². The minimum Gasteiger partial charge on any atom is -0.486 e. The van der Waals surface area contributed by atoms with Gasteiger partial charge in [-0.15, -0.1) is 0 Å². The third-order valence-electron chi connectivity index (χ3n) is 4.39. The second-order valence-electron chi connectivity index (χ2n) is 6.29. The van der Waals surface area contributed by atoms with Crippen LogP contribution in [0.5, 0.6) is 5.75 Å². The topological polar surface area (TPSA) is 101 Å². The molecule has 0 amide bonds. The smallest absolute Gasteiger partial charge is 0.185 e. The minimum absolute atomic E-state index is 0.586. The average Bonchev–Trinajstić information content (AvgIpc) is 3.18. The van der Waals surface area contributed by atoms with E-state index in [1.165, 1.54) is 0 Å². The number of pyridine rings is 3. The van der Waals surface area contributed by atoms with Crippen LogP contribution in [-0.2, 0) is 0 Å². The molecule has 0 fully saturated rings. The number of nitrogens with zero attached hydrogens (tertiary/aromatic N) is 4. The molecule has 0 spiro atoms. The molecule has 3 N–H and O–H groups in total. The predicted octanol–water partition coefficient (Wildman–Crippen LogP) is 3.27. The van der Waals surface area contributed by atoms with Gasteiger partial charge in [0.2, 0.25) is 0 Å². The fourth-order valence-electron chi connectivity index (χ4n) is 3.14. The Bertz CT molecular complexity index is 1140. The Morgan fingerprint density at radius 1 is 1.11 bits per heavy atom. The molecule has 0 atom stereocenters. The van der Waals surface area contributed by atoms with E-state index in [0.717, 1.165) is 39.5 Å². The van der Waals surface area contributed by atoms with Gasteiger partial charge in [-0.3, -0.25) is 10.1 Å². The van der Waals surface area contributed by atoms with Crippen molar-refractivity contribution in [2.75, 3.05) is 23.8 Å². The normalized spacial score (nSPS) is 12.9. The van der Waals surface area contributed by atoms with Gasteiger partial charge in [0.1, 0.15) is 6.61 Å². The minimum atomic E-state index is 0.586. The summed E-state index contributed by atoms with van der Waals surface area (Å²) in [6, 6.07) is 9.77. The van der Waals surface area contributed by atoms with Gasteiger partial charge in [-0.2, -0.15) is 5.10 Å². The molecule has 0 aromatic carbocycles. The number of H-pyrrole nitrogens is 1. The first-order valence-electron chi connectivity index (χ1n) is 8.69. The van der Waals surface area contributed by atoms with Gasteiger partial charge in [0.05, 0.1) is 40.9 Å². The van der Waals surface area contributed by atoms with E-state index in [0.29, 0.717) is 24.7 Å². The van der Waals surface area contributed by atoms with Gasteiger partial charge in [-0.05, 0) is 31.2 Å². The number of hydrogen-bond donors (Lipinski definition) is 3. The van der Waals surface area contributed by atoms with Gasteiger partial charge in [0, 0.05) is 11.9 Å². The summed E-state index contributed by atoms with van der Waals surface area (Å²) < 4.78 is 5.89. The molecule has 4 aromatic heterocycles. The van der Waals surface area contributed by atoms with Crippen molar-refractivity contribution >= 4 is 28.2 Å². The quantitative estimate of drug-likeness (QED) is 0.516. The summed E-state index contributed by atoms with van der Waals surface area (Å²) in [6.45, 7) is 3.27. The fraction of sp³-hybridized carbons (Fsp3) is 0.158. The van der Waals surface area contributed by atoms with Crippen LogP contribution in [0.1, 0.15) is 5.69 Å². The van der Waals surface area contributed by atoms with Crippen LogP contribution in [0.4, 0.5) is 17.2 Å². The molecule has 0 aliphatic carbocycles. The highest BCUT2D eigenvalue weighted by Gasteiger charge is 2.20. The van der Waals surface area contributed by atoms with Crippen molar-refractivity contribution in [3.8, 4) is 17.1 Å². The highest BCUT2D eigenvalue weighted by molar-refractivity contribution is 5.92. The zero-order chi connectivity index (χ0) is 18.2. The predicted molar refractivity (Wildman–Crippen MR) is 103 cm³/mol. The van der Waals surface area contributed by atoms with Crippen LogP contribution in [0, 0.1) is 6.92 Å². The molecule has 0 radical (unpaired) electrons. The Balaban J connectivity index is 1.64. The van der Waals surface area contributed by atoms with E-state index < -0.39 is 0 Å². The highest BCUT2D eigenvalue weighted by atomic mass is 16.5. The van der Waals surface area contributed by atoms with Crippen LogP contribution in [0.2, 0.25) is 0 Å². The van der Waals surface area contributed by atoms with Crippen molar-refractivity contribution in [3.63, 3.8) is 0 Å². The Morgan fingerprint density at radius 3 is 3.00 bits per heavy atom. The number of ether oxygens (including phenoxy) is 1. The number of nitrogens with one attached hydrogen (secondary N) is 3. The van der Waals surface area contributed by atoms with E-state index in [1.54, 1.807) is 12.4 Å². The third kappa shape index (κ3) is 2.80. The highest BCUT2D eigenvalue weighted by Crippen LogP contribution is 2.39. The van der Waals surface area contributed by atoms with E-state index in [-0.39, 0.29) is 0 Å². The molecule has 27 heavy (non-hydrogen) atoms. The van der Waals surface area contributed by atoms with Crippen LogP contribution in [0.3, 0.4) is 0 Å². The molecule has 0 unspecified atom stereocenters. The molecule has 4 aromatic rings. The monoisotopic (exact) mass is 359 g/mol. The van der Waals surface area contributed by atoms with Crippen molar-refractivity contribution in [2.24, 2.45) is 0 Å². The van der Waals surface area contributed by atoms with E-state index in [1.807, 2.05) is 37.3 Å². The SMILES string of the molecule is Cc1cccc(-c2cc(Nc3ccnc4[nH]ncc34)c3c(n2)NCCO3)n1. The summed E-state index contributed by atoms with van der Waals surface area (Å²) >= 11 is 0. The number of aryl methyl sites for hydroxylation is 1. The lowest BCUT2D eigenvalue weighted by molar-refractivity contribution is 0.323. The molecule has 0 saturated carbocycles. The molecule has 8 nitrogen and oxygen atoms in total. The van der Waals surface area contributed by atoms with E-state index in [9.17, 15) is 0 Å². The molecule has 0 bridgehead atoms. The molecule has 5 heterocycles. The summed E-state index contributed by atoms with van der Waals surface area (Å²) in [5, 5.41) is 14.6. The first kappa shape index (κ1) is 15.6. The van der Waals surface area contributed by atoms with Crippen molar-refractivity contribution in [3.05, 3.63) is 48.4 Å². The number of hydrogen-bond acceptors (Lipinski definition) is 7. The van der Waals surface area contributed by atoms with Crippen LogP contribution in [0.25, 0.3) is 22.4 Å². The second kappa shape index (κ2) is 6.24.